The highest BCUT2D eigenvalue weighted by Gasteiger charge is 2.53. The number of ether oxygens (including phenoxy) is 1. The highest BCUT2D eigenvalue weighted by atomic mass is 35.5. The zero-order chi connectivity index (χ0) is 16.5. The fourth-order valence-corrected chi connectivity index (χ4v) is 4.24. The Morgan fingerprint density at radius 2 is 2.00 bits per heavy atom. The number of methoxy groups -OCH3 is 1. The number of nitrogens with one attached hydrogen (secondary N) is 2. The maximum absolute atomic E-state index is 13.1. The van der Waals surface area contributed by atoms with Gasteiger partial charge in [0.1, 0.15) is 5.60 Å². The maximum Gasteiger partial charge on any atom is 0.254 e. The van der Waals surface area contributed by atoms with Gasteiger partial charge in [0.2, 0.25) is 5.91 Å². The quantitative estimate of drug-likeness (QED) is 0.626. The SMILES string of the molecule is COC1(C(=O)N2CC[C@@H](O)[C@@]3(CCCNC3=O)C2)CCNCC1.Cl. The van der Waals surface area contributed by atoms with Crippen LogP contribution in [0.1, 0.15) is 32.1 Å². The molecule has 0 saturated carbocycles. The number of likely N-dealkylation sites (tertiary alicyclic amines) is 1. The number of aliphatic hydroxyl groups is 1. The van der Waals surface area contributed by atoms with Crippen LogP contribution in [0, 0.1) is 5.41 Å². The zero-order valence-electron chi connectivity index (χ0n) is 14.2. The van der Waals surface area contributed by atoms with Crippen molar-refractivity contribution in [2.24, 2.45) is 5.41 Å². The van der Waals surface area contributed by atoms with Crippen LogP contribution in [-0.2, 0) is 14.3 Å². The highest BCUT2D eigenvalue weighted by molar-refractivity contribution is 5.88. The largest absolute Gasteiger partial charge is 0.392 e. The lowest BCUT2D eigenvalue weighted by molar-refractivity contribution is -0.170. The van der Waals surface area contributed by atoms with E-state index in [0.717, 1.165) is 19.5 Å². The molecule has 0 aromatic carbocycles. The minimum atomic E-state index is -0.853. The van der Waals surface area contributed by atoms with Crippen LogP contribution < -0.4 is 10.6 Å². The first-order chi connectivity index (χ1) is 11.0. The molecule has 3 N–H and O–H groups in total. The first kappa shape index (κ1) is 19.4. The van der Waals surface area contributed by atoms with Crippen molar-refractivity contribution in [3.05, 3.63) is 0 Å². The van der Waals surface area contributed by atoms with Gasteiger partial charge in [-0.15, -0.1) is 12.4 Å². The van der Waals surface area contributed by atoms with E-state index in [1.54, 1.807) is 12.0 Å². The van der Waals surface area contributed by atoms with Crippen LogP contribution in [0.3, 0.4) is 0 Å². The molecule has 24 heavy (non-hydrogen) atoms. The minimum Gasteiger partial charge on any atom is -0.392 e. The van der Waals surface area contributed by atoms with Crippen LogP contribution >= 0.6 is 12.4 Å². The molecule has 3 aliphatic heterocycles. The number of nitrogens with zero attached hydrogens (tertiary/aromatic N) is 1. The summed E-state index contributed by atoms with van der Waals surface area (Å²) in [6.07, 6.45) is 2.51. The second-order valence-corrected chi connectivity index (χ2v) is 7.00. The Morgan fingerprint density at radius 1 is 1.29 bits per heavy atom. The van der Waals surface area contributed by atoms with E-state index in [-0.39, 0.29) is 30.8 Å². The molecular weight excluding hydrogens is 334 g/mol. The van der Waals surface area contributed by atoms with Crippen LogP contribution in [0.5, 0.6) is 0 Å². The van der Waals surface area contributed by atoms with Crippen LogP contribution in [-0.4, -0.2) is 73.4 Å². The summed E-state index contributed by atoms with van der Waals surface area (Å²) in [5.41, 5.74) is -1.64. The monoisotopic (exact) mass is 361 g/mol. The predicted octanol–water partition coefficient (Wildman–Crippen LogP) is -0.334. The Hall–Kier alpha value is -0.890. The molecule has 2 atom stereocenters. The first-order valence-corrected chi connectivity index (χ1v) is 8.56. The number of hydrogen-bond acceptors (Lipinski definition) is 5. The van der Waals surface area contributed by atoms with Gasteiger partial charge >= 0.3 is 0 Å². The Morgan fingerprint density at radius 3 is 2.62 bits per heavy atom. The van der Waals surface area contributed by atoms with Gasteiger partial charge in [0, 0.05) is 26.7 Å². The van der Waals surface area contributed by atoms with Crippen molar-refractivity contribution in [2.75, 3.05) is 39.8 Å². The molecule has 0 bridgehead atoms. The summed E-state index contributed by atoms with van der Waals surface area (Å²) >= 11 is 0. The van der Waals surface area contributed by atoms with Crippen molar-refractivity contribution < 1.29 is 19.4 Å². The number of halogens is 1. The number of carbonyl (C=O) groups is 2. The van der Waals surface area contributed by atoms with E-state index in [0.29, 0.717) is 38.8 Å². The average molecular weight is 362 g/mol. The normalized spacial score (nSPS) is 32.8. The van der Waals surface area contributed by atoms with Gasteiger partial charge in [0.25, 0.3) is 5.91 Å². The third kappa shape index (κ3) is 3.14. The van der Waals surface area contributed by atoms with E-state index in [1.807, 2.05) is 0 Å². The van der Waals surface area contributed by atoms with E-state index in [9.17, 15) is 14.7 Å². The molecule has 3 heterocycles. The molecule has 3 fully saturated rings. The molecule has 138 valence electrons. The number of rotatable bonds is 2. The Labute approximate surface area is 148 Å². The number of carbonyl (C=O) groups excluding carboxylic acids is 2. The molecule has 0 aromatic rings. The van der Waals surface area contributed by atoms with Gasteiger partial charge in [-0.1, -0.05) is 0 Å². The summed E-state index contributed by atoms with van der Waals surface area (Å²) in [4.78, 5) is 27.3. The molecule has 3 rings (SSSR count). The molecule has 2 amide bonds. The summed E-state index contributed by atoms with van der Waals surface area (Å²) in [5, 5.41) is 16.6. The lowest BCUT2D eigenvalue weighted by Crippen LogP contribution is -2.65. The number of amides is 2. The summed E-state index contributed by atoms with van der Waals surface area (Å²) < 4.78 is 5.63. The van der Waals surface area contributed by atoms with Crippen molar-refractivity contribution in [3.63, 3.8) is 0 Å². The number of aliphatic hydroxyl groups excluding tert-OH is 1. The summed E-state index contributed by atoms with van der Waals surface area (Å²) in [6, 6.07) is 0. The van der Waals surface area contributed by atoms with Gasteiger partial charge in [-0.05, 0) is 45.2 Å². The third-order valence-electron chi connectivity index (χ3n) is 5.80. The number of hydrogen-bond donors (Lipinski definition) is 3. The van der Waals surface area contributed by atoms with Crippen molar-refractivity contribution >= 4 is 24.2 Å². The number of piperidine rings is 3. The molecule has 0 radical (unpaired) electrons. The van der Waals surface area contributed by atoms with Gasteiger partial charge in [-0.25, -0.2) is 0 Å². The maximum atomic E-state index is 13.1. The van der Waals surface area contributed by atoms with Crippen molar-refractivity contribution in [3.8, 4) is 0 Å². The molecule has 0 aliphatic carbocycles. The molecule has 3 saturated heterocycles. The summed E-state index contributed by atoms with van der Waals surface area (Å²) in [5.74, 6) is -0.156. The van der Waals surface area contributed by atoms with E-state index in [4.69, 9.17) is 4.74 Å². The fraction of sp³-hybridized carbons (Fsp3) is 0.875. The van der Waals surface area contributed by atoms with Crippen LogP contribution in [0.25, 0.3) is 0 Å². The Balaban J connectivity index is 0.00000208. The molecule has 7 nitrogen and oxygen atoms in total. The van der Waals surface area contributed by atoms with Gasteiger partial charge < -0.3 is 25.4 Å². The summed E-state index contributed by atoms with van der Waals surface area (Å²) in [7, 11) is 1.59. The minimum absolute atomic E-state index is 0. The zero-order valence-corrected chi connectivity index (χ0v) is 15.0. The lowest BCUT2D eigenvalue weighted by Gasteiger charge is -2.49. The molecule has 0 unspecified atom stereocenters. The van der Waals surface area contributed by atoms with E-state index in [2.05, 4.69) is 10.6 Å². The van der Waals surface area contributed by atoms with Crippen molar-refractivity contribution in [2.45, 2.75) is 43.8 Å². The van der Waals surface area contributed by atoms with E-state index in [1.165, 1.54) is 0 Å². The van der Waals surface area contributed by atoms with Gasteiger partial charge in [-0.2, -0.15) is 0 Å². The van der Waals surface area contributed by atoms with Crippen molar-refractivity contribution in [1.82, 2.24) is 15.5 Å². The van der Waals surface area contributed by atoms with Crippen LogP contribution in [0.2, 0.25) is 0 Å². The average Bonchev–Trinajstić information content (AvgIpc) is 2.59. The topological polar surface area (TPSA) is 90.9 Å². The molecule has 1 spiro atoms. The summed E-state index contributed by atoms with van der Waals surface area (Å²) in [6.45, 7) is 2.92. The third-order valence-corrected chi connectivity index (χ3v) is 5.80. The molecular formula is C16H28ClN3O4. The molecule has 3 aliphatic rings. The smallest absolute Gasteiger partial charge is 0.254 e. The first-order valence-electron chi connectivity index (χ1n) is 8.56. The highest BCUT2D eigenvalue weighted by Crippen LogP contribution is 2.38. The van der Waals surface area contributed by atoms with Gasteiger partial charge in [0.15, 0.2) is 0 Å². The predicted molar refractivity (Wildman–Crippen MR) is 91.0 cm³/mol. The van der Waals surface area contributed by atoms with E-state index >= 15 is 0 Å². The second-order valence-electron chi connectivity index (χ2n) is 7.00. The Bertz CT molecular complexity index is 484. The van der Waals surface area contributed by atoms with Gasteiger partial charge in [0.05, 0.1) is 11.5 Å². The standard InChI is InChI=1S/C16H27N3O4.ClH/c1-23-16(5-8-17-9-6-16)14(22)19-10-3-12(20)15(11-19)4-2-7-18-13(15)21;/h12,17,20H,2-11H2,1H3,(H,18,21);1H/t12-,15-;/m1./s1. The van der Waals surface area contributed by atoms with Crippen LogP contribution in [0.15, 0.2) is 0 Å². The molecule has 8 heteroatoms. The van der Waals surface area contributed by atoms with E-state index < -0.39 is 17.1 Å². The van der Waals surface area contributed by atoms with Crippen LogP contribution in [0.4, 0.5) is 0 Å². The van der Waals surface area contributed by atoms with Crippen molar-refractivity contribution in [1.29, 1.82) is 0 Å². The fourth-order valence-electron chi connectivity index (χ4n) is 4.24. The molecule has 0 aromatic heterocycles. The Kier molecular flexibility index (Phi) is 6.12. The van der Waals surface area contributed by atoms with Gasteiger partial charge in [-0.3, -0.25) is 9.59 Å². The lowest BCUT2D eigenvalue weighted by atomic mass is 9.71. The second kappa shape index (κ2) is 7.56.